The van der Waals surface area contributed by atoms with Crippen molar-refractivity contribution in [3.63, 3.8) is 0 Å². The zero-order valence-electron chi connectivity index (χ0n) is 7.78. The molecule has 1 atom stereocenters. The Morgan fingerprint density at radius 3 is 2.85 bits per heavy atom. The predicted molar refractivity (Wildman–Crippen MR) is 47.0 cm³/mol. The Morgan fingerprint density at radius 2 is 2.38 bits per heavy atom. The molecule has 0 saturated carbocycles. The smallest absolute Gasteiger partial charge is 0.0489 e. The van der Waals surface area contributed by atoms with Gasteiger partial charge in [0.1, 0.15) is 0 Å². The Bertz CT molecular complexity index is 310. The maximum absolute atomic E-state index is 10.7. The number of carbonyl (C=O) groups is 1. The molecule has 3 nitrogen and oxygen atoms in total. The standard InChI is InChI=1S/C10H13NO2/c1-3-9(10(12)13)8-4-5-11-7(2)6-8/h4-6,9H,3H2,1-2H3,(H,12,13)/p-1. The summed E-state index contributed by atoms with van der Waals surface area (Å²) in [5.41, 5.74) is 1.60. The van der Waals surface area contributed by atoms with Crippen molar-refractivity contribution in [2.75, 3.05) is 0 Å². The van der Waals surface area contributed by atoms with E-state index in [1.54, 1.807) is 18.3 Å². The summed E-state index contributed by atoms with van der Waals surface area (Å²) in [4.78, 5) is 14.7. The number of aliphatic carboxylic acids is 1. The first-order valence-electron chi connectivity index (χ1n) is 4.28. The van der Waals surface area contributed by atoms with Gasteiger partial charge in [0, 0.05) is 23.8 Å². The van der Waals surface area contributed by atoms with Gasteiger partial charge in [-0.05, 0) is 31.0 Å². The van der Waals surface area contributed by atoms with Gasteiger partial charge in [0.2, 0.25) is 0 Å². The number of carboxylic acid groups (broad SMARTS) is 1. The lowest BCUT2D eigenvalue weighted by molar-refractivity contribution is -0.308. The van der Waals surface area contributed by atoms with Crippen LogP contribution in [0.2, 0.25) is 0 Å². The highest BCUT2D eigenvalue weighted by Crippen LogP contribution is 2.18. The lowest BCUT2D eigenvalue weighted by Crippen LogP contribution is -2.29. The van der Waals surface area contributed by atoms with E-state index in [2.05, 4.69) is 4.98 Å². The number of aromatic nitrogens is 1. The van der Waals surface area contributed by atoms with Crippen LogP contribution in [0, 0.1) is 6.92 Å². The molecule has 1 unspecified atom stereocenters. The largest absolute Gasteiger partial charge is 0.549 e. The van der Waals surface area contributed by atoms with Gasteiger partial charge in [-0.25, -0.2) is 0 Å². The van der Waals surface area contributed by atoms with Crippen molar-refractivity contribution >= 4 is 5.97 Å². The van der Waals surface area contributed by atoms with E-state index in [0.717, 1.165) is 11.3 Å². The van der Waals surface area contributed by atoms with Crippen LogP contribution in [0.3, 0.4) is 0 Å². The average Bonchev–Trinajstić information content (AvgIpc) is 2.04. The zero-order valence-corrected chi connectivity index (χ0v) is 7.78. The molecule has 0 saturated heterocycles. The third kappa shape index (κ3) is 2.28. The maximum Gasteiger partial charge on any atom is 0.0489 e. The van der Waals surface area contributed by atoms with Gasteiger partial charge in [0.25, 0.3) is 0 Å². The van der Waals surface area contributed by atoms with E-state index >= 15 is 0 Å². The van der Waals surface area contributed by atoms with Crippen LogP contribution in [0.4, 0.5) is 0 Å². The molecule has 0 aromatic carbocycles. The minimum absolute atomic E-state index is 0.512. The van der Waals surface area contributed by atoms with Crippen molar-refractivity contribution in [3.05, 3.63) is 29.6 Å². The van der Waals surface area contributed by atoms with E-state index in [9.17, 15) is 9.90 Å². The molecular formula is C10H12NO2-. The SMILES string of the molecule is CCC(C(=O)[O-])c1ccnc(C)c1. The van der Waals surface area contributed by atoms with Crippen molar-refractivity contribution in [1.82, 2.24) is 4.98 Å². The Kier molecular flexibility index (Phi) is 3.01. The number of pyridine rings is 1. The van der Waals surface area contributed by atoms with Gasteiger partial charge in [-0.2, -0.15) is 0 Å². The highest BCUT2D eigenvalue weighted by molar-refractivity contribution is 5.73. The number of carbonyl (C=O) groups excluding carboxylic acids is 1. The van der Waals surface area contributed by atoms with Crippen LogP contribution in [0.5, 0.6) is 0 Å². The first-order chi connectivity index (χ1) is 6.15. The predicted octanol–water partition coefficient (Wildman–Crippen LogP) is 0.634. The Morgan fingerprint density at radius 1 is 1.69 bits per heavy atom. The molecule has 0 aliphatic rings. The molecule has 0 amide bonds. The van der Waals surface area contributed by atoms with Gasteiger partial charge >= 0.3 is 0 Å². The fourth-order valence-electron chi connectivity index (χ4n) is 1.32. The van der Waals surface area contributed by atoms with Gasteiger partial charge in [-0.1, -0.05) is 6.92 Å². The molecule has 0 fully saturated rings. The molecule has 3 heteroatoms. The van der Waals surface area contributed by atoms with Gasteiger partial charge in [-0.3, -0.25) is 4.98 Å². The van der Waals surface area contributed by atoms with Crippen LogP contribution in [0.25, 0.3) is 0 Å². The van der Waals surface area contributed by atoms with Gasteiger partial charge in [0.15, 0.2) is 0 Å². The number of rotatable bonds is 3. The summed E-state index contributed by atoms with van der Waals surface area (Å²) in [5, 5.41) is 10.7. The fraction of sp³-hybridized carbons (Fsp3) is 0.400. The number of aryl methyl sites for hydroxylation is 1. The van der Waals surface area contributed by atoms with Crippen LogP contribution in [-0.2, 0) is 4.79 Å². The maximum atomic E-state index is 10.7. The zero-order chi connectivity index (χ0) is 9.84. The Balaban J connectivity index is 2.98. The monoisotopic (exact) mass is 178 g/mol. The molecule has 1 aromatic rings. The highest BCUT2D eigenvalue weighted by Gasteiger charge is 2.09. The molecule has 0 N–H and O–H groups in total. The fourth-order valence-corrected chi connectivity index (χ4v) is 1.32. The molecule has 0 aliphatic carbocycles. The quantitative estimate of drug-likeness (QED) is 0.682. The van der Waals surface area contributed by atoms with E-state index in [0.29, 0.717) is 6.42 Å². The summed E-state index contributed by atoms with van der Waals surface area (Å²) in [6.07, 6.45) is 2.17. The third-order valence-electron chi connectivity index (χ3n) is 2.02. The summed E-state index contributed by atoms with van der Waals surface area (Å²) < 4.78 is 0. The highest BCUT2D eigenvalue weighted by atomic mass is 16.4. The molecule has 0 radical (unpaired) electrons. The van der Waals surface area contributed by atoms with Crippen molar-refractivity contribution in [1.29, 1.82) is 0 Å². The molecule has 0 aliphatic heterocycles. The Labute approximate surface area is 77.4 Å². The Hall–Kier alpha value is -1.38. The second kappa shape index (κ2) is 4.03. The van der Waals surface area contributed by atoms with Crippen LogP contribution >= 0.6 is 0 Å². The summed E-state index contributed by atoms with van der Waals surface area (Å²) >= 11 is 0. The molecule has 1 heterocycles. The topological polar surface area (TPSA) is 53.0 Å². The number of carboxylic acids is 1. The molecule has 13 heavy (non-hydrogen) atoms. The van der Waals surface area contributed by atoms with Gasteiger partial charge in [0.05, 0.1) is 0 Å². The lowest BCUT2D eigenvalue weighted by atomic mass is 9.97. The lowest BCUT2D eigenvalue weighted by Gasteiger charge is -2.16. The molecule has 0 spiro atoms. The summed E-state index contributed by atoms with van der Waals surface area (Å²) in [5.74, 6) is -1.53. The molecule has 1 rings (SSSR count). The second-order valence-electron chi connectivity index (χ2n) is 3.01. The van der Waals surface area contributed by atoms with Gasteiger partial charge in [-0.15, -0.1) is 0 Å². The molecular weight excluding hydrogens is 166 g/mol. The van der Waals surface area contributed by atoms with Crippen LogP contribution in [0.1, 0.15) is 30.5 Å². The molecule has 70 valence electrons. The van der Waals surface area contributed by atoms with Crippen LogP contribution < -0.4 is 5.11 Å². The summed E-state index contributed by atoms with van der Waals surface area (Å²) in [6, 6.07) is 3.50. The first-order valence-corrected chi connectivity index (χ1v) is 4.28. The minimum Gasteiger partial charge on any atom is -0.549 e. The molecule has 1 aromatic heterocycles. The van der Waals surface area contributed by atoms with E-state index in [1.165, 1.54) is 0 Å². The number of hydrogen-bond acceptors (Lipinski definition) is 3. The van der Waals surface area contributed by atoms with Crippen molar-refractivity contribution in [2.45, 2.75) is 26.2 Å². The summed E-state index contributed by atoms with van der Waals surface area (Å²) in [6.45, 7) is 3.67. The van der Waals surface area contributed by atoms with Crippen LogP contribution in [-0.4, -0.2) is 11.0 Å². The minimum atomic E-state index is -1.02. The van der Waals surface area contributed by atoms with Crippen LogP contribution in [0.15, 0.2) is 18.3 Å². The third-order valence-corrected chi connectivity index (χ3v) is 2.02. The van der Waals surface area contributed by atoms with Gasteiger partial charge < -0.3 is 9.90 Å². The second-order valence-corrected chi connectivity index (χ2v) is 3.01. The van der Waals surface area contributed by atoms with E-state index in [4.69, 9.17) is 0 Å². The number of hydrogen-bond donors (Lipinski definition) is 0. The number of nitrogens with zero attached hydrogens (tertiary/aromatic N) is 1. The van der Waals surface area contributed by atoms with E-state index < -0.39 is 11.9 Å². The van der Waals surface area contributed by atoms with Crippen molar-refractivity contribution in [3.8, 4) is 0 Å². The van der Waals surface area contributed by atoms with Crippen molar-refractivity contribution < 1.29 is 9.90 Å². The van der Waals surface area contributed by atoms with E-state index in [-0.39, 0.29) is 0 Å². The van der Waals surface area contributed by atoms with Crippen molar-refractivity contribution in [2.24, 2.45) is 0 Å². The average molecular weight is 178 g/mol. The van der Waals surface area contributed by atoms with E-state index in [1.807, 2.05) is 13.8 Å². The molecule has 0 bridgehead atoms. The normalized spacial score (nSPS) is 12.5. The first kappa shape index (κ1) is 9.71. The summed E-state index contributed by atoms with van der Waals surface area (Å²) in [7, 11) is 0.